The summed E-state index contributed by atoms with van der Waals surface area (Å²) in [6.45, 7) is 3.89. The zero-order valence-corrected chi connectivity index (χ0v) is 47.0. The molecule has 9 heteroatoms. The second-order valence-electron chi connectivity index (χ2n) is 22.2. The van der Waals surface area contributed by atoms with Crippen LogP contribution in [0.4, 0.5) is 0 Å². The molecule has 6 N–H and O–H groups in total. The number of hydrogen-bond acceptors (Lipinski definition) is 8. The van der Waals surface area contributed by atoms with E-state index in [1.165, 1.54) is 257 Å². The third-order valence-electron chi connectivity index (χ3n) is 15.4. The standard InChI is InChI=1S/C62H121NO8/c1-3-5-7-9-11-13-15-17-19-21-23-24-25-26-27-28-29-30-31-32-34-36-38-40-42-44-46-48-50-52-58(66)63-55(54-70-62-61(69)60(68)59(67)57(53-64)71-62)56(65)51-49-47-45-43-41-39-37-35-33-22-20-18-16-14-12-10-8-6-4-2/h21,23,55-57,59-62,64-65,67-69H,3-20,22,24-54H2,1-2H3,(H,63,66)/b23-21-. The van der Waals surface area contributed by atoms with Gasteiger partial charge in [-0.2, -0.15) is 0 Å². The SMILES string of the molecule is CCCCCCCCCC/C=C\CCCCCCCCCCCCCCCCCCCC(=O)NC(COC1OC(CO)C(O)C(O)C1O)C(O)CCCCCCCCCCCCCCCCCCCCC. The van der Waals surface area contributed by atoms with Crippen molar-refractivity contribution in [3.63, 3.8) is 0 Å². The Morgan fingerprint density at radius 3 is 1.14 bits per heavy atom. The number of amides is 1. The van der Waals surface area contributed by atoms with Gasteiger partial charge in [0.15, 0.2) is 6.29 Å². The smallest absolute Gasteiger partial charge is 0.220 e. The number of carbonyl (C=O) groups excluding carboxylic acids is 1. The maximum atomic E-state index is 13.1. The molecule has 71 heavy (non-hydrogen) atoms. The fourth-order valence-electron chi connectivity index (χ4n) is 10.4. The Labute approximate surface area is 439 Å². The van der Waals surface area contributed by atoms with Gasteiger partial charge in [-0.3, -0.25) is 4.79 Å². The van der Waals surface area contributed by atoms with Gasteiger partial charge in [0.2, 0.25) is 5.91 Å². The Morgan fingerprint density at radius 2 is 0.789 bits per heavy atom. The van der Waals surface area contributed by atoms with Crippen molar-refractivity contribution in [1.29, 1.82) is 0 Å². The molecule has 1 amide bonds. The molecule has 1 saturated heterocycles. The first-order chi connectivity index (χ1) is 34.8. The van der Waals surface area contributed by atoms with E-state index >= 15 is 0 Å². The van der Waals surface area contributed by atoms with Gasteiger partial charge in [-0.1, -0.05) is 289 Å². The monoisotopic (exact) mass is 1010 g/mol. The predicted molar refractivity (Wildman–Crippen MR) is 300 cm³/mol. The number of allylic oxidation sites excluding steroid dienone is 2. The van der Waals surface area contributed by atoms with Crippen LogP contribution in [0.5, 0.6) is 0 Å². The lowest BCUT2D eigenvalue weighted by atomic mass is 9.99. The lowest BCUT2D eigenvalue weighted by Gasteiger charge is -2.40. The second kappa shape index (κ2) is 52.4. The second-order valence-corrected chi connectivity index (χ2v) is 22.2. The first kappa shape index (κ1) is 67.9. The lowest BCUT2D eigenvalue weighted by Crippen LogP contribution is -2.60. The van der Waals surface area contributed by atoms with Gasteiger partial charge in [-0.05, 0) is 38.5 Å². The summed E-state index contributed by atoms with van der Waals surface area (Å²) in [6, 6.07) is -0.716. The normalized spacial score (nSPS) is 19.2. The van der Waals surface area contributed by atoms with Crippen LogP contribution in [0.25, 0.3) is 0 Å². The summed E-state index contributed by atoms with van der Waals surface area (Å²) in [5.41, 5.74) is 0. The summed E-state index contributed by atoms with van der Waals surface area (Å²) in [7, 11) is 0. The molecule has 0 saturated carbocycles. The number of nitrogens with one attached hydrogen (secondary N) is 1. The van der Waals surface area contributed by atoms with Gasteiger partial charge < -0.3 is 40.3 Å². The maximum absolute atomic E-state index is 13.1. The van der Waals surface area contributed by atoms with Crippen LogP contribution in [0.2, 0.25) is 0 Å². The van der Waals surface area contributed by atoms with Crippen LogP contribution in [0.3, 0.4) is 0 Å². The summed E-state index contributed by atoms with van der Waals surface area (Å²) in [5, 5.41) is 54.8. The van der Waals surface area contributed by atoms with Crippen LogP contribution in [-0.2, 0) is 14.3 Å². The molecule has 0 spiro atoms. The van der Waals surface area contributed by atoms with E-state index in [1.54, 1.807) is 0 Å². The van der Waals surface area contributed by atoms with E-state index in [2.05, 4.69) is 31.3 Å². The van der Waals surface area contributed by atoms with Crippen LogP contribution in [0.1, 0.15) is 322 Å². The van der Waals surface area contributed by atoms with Crippen molar-refractivity contribution >= 4 is 5.91 Å². The maximum Gasteiger partial charge on any atom is 0.220 e. The highest BCUT2D eigenvalue weighted by Crippen LogP contribution is 2.24. The van der Waals surface area contributed by atoms with Crippen molar-refractivity contribution in [3.05, 3.63) is 12.2 Å². The Hall–Kier alpha value is -1.07. The van der Waals surface area contributed by atoms with Crippen molar-refractivity contribution in [2.75, 3.05) is 13.2 Å². The molecule has 422 valence electrons. The van der Waals surface area contributed by atoms with Gasteiger partial charge >= 0.3 is 0 Å². The molecule has 7 atom stereocenters. The molecular weight excluding hydrogens is 887 g/mol. The summed E-state index contributed by atoms with van der Waals surface area (Å²) >= 11 is 0. The Bertz CT molecular complexity index is 1120. The molecule has 0 aliphatic carbocycles. The van der Waals surface area contributed by atoms with E-state index in [9.17, 15) is 30.3 Å². The molecule has 1 heterocycles. The van der Waals surface area contributed by atoms with Gasteiger partial charge in [0, 0.05) is 6.42 Å². The van der Waals surface area contributed by atoms with Crippen LogP contribution in [0.15, 0.2) is 12.2 Å². The van der Waals surface area contributed by atoms with E-state index in [4.69, 9.17) is 9.47 Å². The van der Waals surface area contributed by atoms with Crippen LogP contribution < -0.4 is 5.32 Å². The average Bonchev–Trinajstić information content (AvgIpc) is 3.37. The van der Waals surface area contributed by atoms with Crippen LogP contribution >= 0.6 is 0 Å². The van der Waals surface area contributed by atoms with Gasteiger partial charge in [-0.25, -0.2) is 0 Å². The minimum Gasteiger partial charge on any atom is -0.394 e. The van der Waals surface area contributed by atoms with Gasteiger partial charge in [0.25, 0.3) is 0 Å². The molecule has 0 bridgehead atoms. The number of rotatable bonds is 55. The molecule has 0 aromatic heterocycles. The molecular formula is C62H121NO8. The first-order valence-corrected chi connectivity index (χ1v) is 31.4. The molecule has 7 unspecified atom stereocenters. The fraction of sp³-hybridized carbons (Fsp3) is 0.952. The van der Waals surface area contributed by atoms with Gasteiger partial charge in [0.05, 0.1) is 25.4 Å². The Morgan fingerprint density at radius 1 is 0.465 bits per heavy atom. The molecule has 0 aromatic rings. The number of ether oxygens (including phenoxy) is 2. The van der Waals surface area contributed by atoms with E-state index < -0.39 is 49.5 Å². The van der Waals surface area contributed by atoms with Crippen LogP contribution in [-0.4, -0.2) is 87.5 Å². The summed E-state index contributed by atoms with van der Waals surface area (Å²) in [5.74, 6) is -0.137. The van der Waals surface area contributed by atoms with E-state index in [1.807, 2.05) is 0 Å². The summed E-state index contributed by atoms with van der Waals surface area (Å²) in [4.78, 5) is 13.1. The van der Waals surface area contributed by atoms with Gasteiger partial charge in [0.1, 0.15) is 24.4 Å². The Balaban J connectivity index is 2.13. The van der Waals surface area contributed by atoms with Crippen molar-refractivity contribution in [3.8, 4) is 0 Å². The minimum absolute atomic E-state index is 0.132. The van der Waals surface area contributed by atoms with Crippen molar-refractivity contribution in [2.24, 2.45) is 0 Å². The topological polar surface area (TPSA) is 149 Å². The number of hydrogen-bond donors (Lipinski definition) is 6. The van der Waals surface area contributed by atoms with E-state index in [-0.39, 0.29) is 12.5 Å². The zero-order chi connectivity index (χ0) is 51.5. The number of unbranched alkanes of at least 4 members (excludes halogenated alkanes) is 43. The highest BCUT2D eigenvalue weighted by molar-refractivity contribution is 5.76. The third kappa shape index (κ3) is 41.8. The number of aliphatic hydroxyl groups is 5. The molecule has 0 aromatic carbocycles. The van der Waals surface area contributed by atoms with Crippen molar-refractivity contribution in [1.82, 2.24) is 5.32 Å². The predicted octanol–water partition coefficient (Wildman–Crippen LogP) is 16.0. The quantitative estimate of drug-likeness (QED) is 0.0261. The summed E-state index contributed by atoms with van der Waals surface area (Å²) in [6.07, 6.45) is 58.3. The molecule has 1 rings (SSSR count). The minimum atomic E-state index is -1.55. The molecule has 1 fully saturated rings. The Kier molecular flexibility index (Phi) is 50.1. The van der Waals surface area contributed by atoms with Crippen molar-refractivity contribution in [2.45, 2.75) is 365 Å². The highest BCUT2D eigenvalue weighted by Gasteiger charge is 2.44. The molecule has 0 radical (unpaired) electrons. The first-order valence-electron chi connectivity index (χ1n) is 31.4. The average molecular weight is 1010 g/mol. The molecule has 1 aliphatic rings. The van der Waals surface area contributed by atoms with E-state index in [0.29, 0.717) is 12.8 Å². The highest BCUT2D eigenvalue weighted by atomic mass is 16.7. The fourth-order valence-corrected chi connectivity index (χ4v) is 10.4. The lowest BCUT2D eigenvalue weighted by molar-refractivity contribution is -0.302. The van der Waals surface area contributed by atoms with Crippen molar-refractivity contribution < 1.29 is 39.8 Å². The van der Waals surface area contributed by atoms with E-state index in [0.717, 1.165) is 38.5 Å². The third-order valence-corrected chi connectivity index (χ3v) is 15.4. The van der Waals surface area contributed by atoms with Crippen LogP contribution in [0, 0.1) is 0 Å². The number of carbonyl (C=O) groups is 1. The number of aliphatic hydroxyl groups excluding tert-OH is 5. The molecule has 1 aliphatic heterocycles. The molecule has 9 nitrogen and oxygen atoms in total. The zero-order valence-electron chi connectivity index (χ0n) is 47.0. The largest absolute Gasteiger partial charge is 0.394 e. The van der Waals surface area contributed by atoms with Gasteiger partial charge in [-0.15, -0.1) is 0 Å². The summed E-state index contributed by atoms with van der Waals surface area (Å²) < 4.78 is 11.3.